The third kappa shape index (κ3) is 4.03. The number of carbonyl (C=O) groups is 1. The van der Waals surface area contributed by atoms with E-state index >= 15 is 0 Å². The van der Waals surface area contributed by atoms with Gasteiger partial charge in [-0.05, 0) is 0 Å². The Hall–Kier alpha value is -1.63. The van der Waals surface area contributed by atoms with Crippen LogP contribution < -0.4 is 9.67 Å². The molecule has 0 spiro atoms. The molecule has 0 aliphatic heterocycles. The number of amides is 1. The van der Waals surface area contributed by atoms with Crippen LogP contribution in [-0.2, 0) is 8.53 Å². The van der Waals surface area contributed by atoms with E-state index in [1.165, 1.54) is 24.3 Å². The number of carbonyl (C=O) groups excluding carboxylic acids is 1. The monoisotopic (exact) mass is 304 g/mol. The molecule has 0 radical (unpaired) electrons. The molecule has 0 atom stereocenters. The van der Waals surface area contributed by atoms with E-state index < -0.39 is 31.5 Å². The van der Waals surface area contributed by atoms with E-state index in [1.807, 2.05) is 0 Å². The van der Waals surface area contributed by atoms with Gasteiger partial charge in [-0.3, -0.25) is 0 Å². The van der Waals surface area contributed by atoms with E-state index in [0.29, 0.717) is 0 Å². The van der Waals surface area contributed by atoms with Gasteiger partial charge in [0.2, 0.25) is 0 Å². The van der Waals surface area contributed by atoms with Gasteiger partial charge in [0, 0.05) is 0 Å². The van der Waals surface area contributed by atoms with Crippen molar-refractivity contribution >= 4 is 30.1 Å². The van der Waals surface area contributed by atoms with Crippen LogP contribution in [0, 0.1) is 10.1 Å². The van der Waals surface area contributed by atoms with Gasteiger partial charge < -0.3 is 0 Å². The van der Waals surface area contributed by atoms with Crippen LogP contribution in [0.25, 0.3) is 0 Å². The molecule has 0 saturated heterocycles. The van der Waals surface area contributed by atoms with Gasteiger partial charge >= 0.3 is 98.0 Å². The molecule has 17 heavy (non-hydrogen) atoms. The second-order valence-electron chi connectivity index (χ2n) is 3.10. The summed E-state index contributed by atoms with van der Waals surface area (Å²) in [4.78, 5) is 20.3. The van der Waals surface area contributed by atoms with Crippen molar-refractivity contribution in [3.8, 4) is 0 Å². The molecule has 0 aliphatic carbocycles. The van der Waals surface area contributed by atoms with E-state index in [0.717, 1.165) is 0 Å². The fourth-order valence-electron chi connectivity index (χ4n) is 1.14. The van der Waals surface area contributed by atoms with Gasteiger partial charge in [-0.15, -0.1) is 0 Å². The summed E-state index contributed by atoms with van der Waals surface area (Å²) in [5.74, 6) is -0.939. The van der Waals surface area contributed by atoms with Crippen LogP contribution in [0.3, 0.4) is 0 Å². The SMILES string of the molecule is O=C(C[N+](=O)[O-])Nc1ccccc1[As](=O)(O)O. The first-order valence-corrected chi connectivity index (χ1v) is 7.76. The van der Waals surface area contributed by atoms with Crippen molar-refractivity contribution in [1.29, 1.82) is 0 Å². The van der Waals surface area contributed by atoms with Crippen molar-refractivity contribution < 1.29 is 21.6 Å². The second-order valence-corrected chi connectivity index (χ2v) is 6.39. The van der Waals surface area contributed by atoms with Crippen LogP contribution >= 0.6 is 0 Å². The van der Waals surface area contributed by atoms with Crippen LogP contribution in [0.2, 0.25) is 0 Å². The first kappa shape index (κ1) is 13.4. The molecule has 1 aromatic rings. The first-order valence-electron chi connectivity index (χ1n) is 4.37. The zero-order valence-corrected chi connectivity index (χ0v) is 10.3. The number of hydrogen-bond acceptors (Lipinski definition) is 4. The minimum atomic E-state index is -5.16. The Bertz CT molecular complexity index is 497. The summed E-state index contributed by atoms with van der Waals surface area (Å²) in [6.07, 6.45) is 0. The Morgan fingerprint density at radius 1 is 1.41 bits per heavy atom. The van der Waals surface area contributed by atoms with Gasteiger partial charge in [-0.1, -0.05) is 0 Å². The van der Waals surface area contributed by atoms with Gasteiger partial charge in [0.05, 0.1) is 0 Å². The molecule has 0 fully saturated rings. The number of anilines is 1. The normalized spacial score (nSPS) is 10.9. The summed E-state index contributed by atoms with van der Waals surface area (Å²) >= 11 is -5.16. The predicted molar refractivity (Wildman–Crippen MR) is 57.4 cm³/mol. The third-order valence-corrected chi connectivity index (χ3v) is 3.90. The van der Waals surface area contributed by atoms with E-state index in [4.69, 9.17) is 8.19 Å². The van der Waals surface area contributed by atoms with E-state index in [2.05, 4.69) is 5.32 Å². The van der Waals surface area contributed by atoms with Crippen molar-refractivity contribution in [2.24, 2.45) is 0 Å². The number of nitrogens with zero attached hydrogens (tertiary/aromatic N) is 1. The Balaban J connectivity index is 2.96. The number of hydrogen-bond donors (Lipinski definition) is 3. The van der Waals surface area contributed by atoms with Crippen molar-refractivity contribution in [3.05, 3.63) is 34.4 Å². The minimum absolute atomic E-state index is 0.105. The first-order chi connectivity index (χ1) is 7.80. The van der Waals surface area contributed by atoms with Gasteiger partial charge in [-0.2, -0.15) is 0 Å². The second kappa shape index (κ2) is 5.13. The average molecular weight is 304 g/mol. The maximum atomic E-state index is 11.1. The molecule has 3 N–H and O–H groups in total. The molecule has 1 amide bonds. The fraction of sp³-hybridized carbons (Fsp3) is 0.125. The summed E-state index contributed by atoms with van der Waals surface area (Å²) in [5.41, 5.74) is -0.105. The molecule has 0 heterocycles. The summed E-state index contributed by atoms with van der Waals surface area (Å²) in [6, 6.07) is 5.30. The Morgan fingerprint density at radius 3 is 2.53 bits per heavy atom. The molecule has 0 bridgehead atoms. The molecule has 0 saturated carbocycles. The maximum absolute atomic E-state index is 11.1. The molecule has 0 aliphatic rings. The van der Waals surface area contributed by atoms with Crippen molar-refractivity contribution in [1.82, 2.24) is 0 Å². The number of para-hydroxylation sites is 1. The van der Waals surface area contributed by atoms with Crippen LogP contribution in [0.5, 0.6) is 0 Å². The van der Waals surface area contributed by atoms with Crippen LogP contribution in [-0.4, -0.2) is 39.7 Å². The number of nitro groups is 1. The standard InChI is InChI=1S/C8H9AsN2O6/c12-8(5-11(16)17)10-7-4-2-1-3-6(7)9(13,14)15/h1-4H,5H2,(H,10,12)(H2,13,14,15). The van der Waals surface area contributed by atoms with Gasteiger partial charge in [0.15, 0.2) is 0 Å². The Morgan fingerprint density at radius 2 is 2.00 bits per heavy atom. The number of rotatable bonds is 4. The molecule has 1 rings (SSSR count). The third-order valence-electron chi connectivity index (χ3n) is 1.76. The van der Waals surface area contributed by atoms with Crippen LogP contribution in [0.4, 0.5) is 5.69 Å². The summed E-state index contributed by atoms with van der Waals surface area (Å²) in [6.45, 7) is -0.956. The topological polar surface area (TPSA) is 130 Å². The predicted octanol–water partition coefficient (Wildman–Crippen LogP) is -1.54. The molecule has 92 valence electrons. The molecule has 9 heteroatoms. The van der Waals surface area contributed by atoms with Crippen LogP contribution in [0.15, 0.2) is 24.3 Å². The molecular weight excluding hydrogens is 295 g/mol. The summed E-state index contributed by atoms with van der Waals surface area (Å²) < 4.78 is 28.9. The molecular formula is C8H9AsN2O6. The van der Waals surface area contributed by atoms with Crippen molar-refractivity contribution in [3.63, 3.8) is 0 Å². The molecule has 8 nitrogen and oxygen atoms in total. The quantitative estimate of drug-likeness (QED) is 0.351. The van der Waals surface area contributed by atoms with Gasteiger partial charge in [0.1, 0.15) is 0 Å². The van der Waals surface area contributed by atoms with Crippen molar-refractivity contribution in [2.75, 3.05) is 11.9 Å². The van der Waals surface area contributed by atoms with E-state index in [1.54, 1.807) is 0 Å². The van der Waals surface area contributed by atoms with Crippen molar-refractivity contribution in [2.45, 2.75) is 0 Å². The summed E-state index contributed by atoms with van der Waals surface area (Å²) in [7, 11) is 0. The number of nitrogens with one attached hydrogen (secondary N) is 1. The van der Waals surface area contributed by atoms with Gasteiger partial charge in [-0.25, -0.2) is 0 Å². The molecule has 1 aromatic carbocycles. The molecule has 0 unspecified atom stereocenters. The summed E-state index contributed by atoms with van der Waals surface area (Å²) in [5, 5.41) is 12.2. The van der Waals surface area contributed by atoms with E-state index in [9.17, 15) is 18.6 Å². The van der Waals surface area contributed by atoms with Gasteiger partial charge in [0.25, 0.3) is 0 Å². The zero-order valence-electron chi connectivity index (χ0n) is 8.44. The van der Waals surface area contributed by atoms with E-state index in [-0.39, 0.29) is 10.0 Å². The average Bonchev–Trinajstić information content (AvgIpc) is 2.15. The zero-order chi connectivity index (χ0) is 13.1. The number of benzene rings is 1. The Kier molecular flexibility index (Phi) is 4.06. The Labute approximate surface area is 98.4 Å². The fourth-order valence-corrected chi connectivity index (χ4v) is 2.66. The van der Waals surface area contributed by atoms with Crippen LogP contribution in [0.1, 0.15) is 0 Å². The molecule has 0 aromatic heterocycles.